The number of amides is 1. The number of carbonyl (C=O) groups is 1. The van der Waals surface area contributed by atoms with Gasteiger partial charge in [0.05, 0.1) is 27.2 Å². The zero-order valence-electron chi connectivity index (χ0n) is 15.8. The zero-order chi connectivity index (χ0) is 20.9. The standard InChI is InChI=1S/C22H21ClN2O3S/c1-2-21(16-9-5-3-6-10-16)24-22(26)19-14-13-17(15-20(19)23)25-29(27,28)18-11-7-4-8-12-18/h3-15,21,25H,2H2,1H3,(H,24,26)/t21-/m0/s1. The predicted molar refractivity (Wildman–Crippen MR) is 116 cm³/mol. The first-order chi connectivity index (χ1) is 13.9. The van der Waals surface area contributed by atoms with E-state index in [-0.39, 0.29) is 33.1 Å². The van der Waals surface area contributed by atoms with Crippen LogP contribution in [0.1, 0.15) is 35.3 Å². The minimum Gasteiger partial charge on any atom is -0.345 e. The van der Waals surface area contributed by atoms with Gasteiger partial charge in [-0.25, -0.2) is 8.42 Å². The Labute approximate surface area is 175 Å². The van der Waals surface area contributed by atoms with Crippen LogP contribution in [0.15, 0.2) is 83.8 Å². The molecule has 0 aliphatic rings. The van der Waals surface area contributed by atoms with Gasteiger partial charge in [-0.15, -0.1) is 0 Å². The second-order valence-corrected chi connectivity index (χ2v) is 8.55. The van der Waals surface area contributed by atoms with Gasteiger partial charge in [-0.3, -0.25) is 9.52 Å². The molecule has 0 aliphatic heterocycles. The Morgan fingerprint density at radius 3 is 2.17 bits per heavy atom. The Hall–Kier alpha value is -2.83. The third-order valence-electron chi connectivity index (χ3n) is 4.43. The van der Waals surface area contributed by atoms with Crippen molar-refractivity contribution in [3.05, 3.63) is 95.0 Å². The first-order valence-corrected chi connectivity index (χ1v) is 11.0. The number of benzene rings is 3. The molecular formula is C22H21ClN2O3S. The quantitative estimate of drug-likeness (QED) is 0.554. The molecule has 0 saturated heterocycles. The van der Waals surface area contributed by atoms with E-state index in [9.17, 15) is 13.2 Å². The van der Waals surface area contributed by atoms with Crippen LogP contribution in [0, 0.1) is 0 Å². The lowest BCUT2D eigenvalue weighted by atomic mass is 10.0. The first-order valence-electron chi connectivity index (χ1n) is 9.14. The summed E-state index contributed by atoms with van der Waals surface area (Å²) < 4.78 is 27.4. The van der Waals surface area contributed by atoms with Crippen molar-refractivity contribution in [2.45, 2.75) is 24.3 Å². The number of halogens is 1. The Morgan fingerprint density at radius 2 is 1.59 bits per heavy atom. The lowest BCUT2D eigenvalue weighted by Gasteiger charge is -2.18. The van der Waals surface area contributed by atoms with Gasteiger partial charge in [-0.1, -0.05) is 67.1 Å². The van der Waals surface area contributed by atoms with E-state index in [0.29, 0.717) is 0 Å². The molecule has 0 radical (unpaired) electrons. The van der Waals surface area contributed by atoms with Crippen LogP contribution >= 0.6 is 11.6 Å². The van der Waals surface area contributed by atoms with Gasteiger partial charge in [-0.05, 0) is 42.3 Å². The summed E-state index contributed by atoms with van der Waals surface area (Å²) in [7, 11) is -3.73. The topological polar surface area (TPSA) is 75.3 Å². The van der Waals surface area contributed by atoms with Gasteiger partial charge >= 0.3 is 0 Å². The minimum absolute atomic E-state index is 0.143. The van der Waals surface area contributed by atoms with Crippen LogP contribution in [0.2, 0.25) is 5.02 Å². The summed E-state index contributed by atoms with van der Waals surface area (Å²) in [6.45, 7) is 1.99. The molecule has 5 nitrogen and oxygen atoms in total. The molecule has 1 atom stereocenters. The van der Waals surface area contributed by atoms with E-state index in [4.69, 9.17) is 11.6 Å². The molecule has 1 amide bonds. The van der Waals surface area contributed by atoms with Gasteiger partial charge in [0.1, 0.15) is 0 Å². The molecule has 0 bridgehead atoms. The fraction of sp³-hybridized carbons (Fsp3) is 0.136. The third kappa shape index (κ3) is 5.16. The highest BCUT2D eigenvalue weighted by atomic mass is 35.5. The van der Waals surface area contributed by atoms with Crippen molar-refractivity contribution in [1.29, 1.82) is 0 Å². The minimum atomic E-state index is -3.73. The average Bonchev–Trinajstić information content (AvgIpc) is 2.73. The number of anilines is 1. The molecular weight excluding hydrogens is 408 g/mol. The van der Waals surface area contributed by atoms with E-state index in [1.54, 1.807) is 18.2 Å². The van der Waals surface area contributed by atoms with E-state index in [1.807, 2.05) is 37.3 Å². The molecule has 150 valence electrons. The van der Waals surface area contributed by atoms with Crippen LogP contribution in [-0.2, 0) is 10.0 Å². The maximum Gasteiger partial charge on any atom is 0.261 e. The summed E-state index contributed by atoms with van der Waals surface area (Å²) in [5.74, 6) is -0.317. The Morgan fingerprint density at radius 1 is 0.966 bits per heavy atom. The van der Waals surface area contributed by atoms with Crippen LogP contribution in [0.5, 0.6) is 0 Å². The molecule has 3 aromatic rings. The molecule has 3 rings (SSSR count). The largest absolute Gasteiger partial charge is 0.345 e. The summed E-state index contributed by atoms with van der Waals surface area (Å²) in [5, 5.41) is 3.14. The van der Waals surface area contributed by atoms with Crippen molar-refractivity contribution >= 4 is 33.2 Å². The maximum atomic E-state index is 12.7. The molecule has 0 heterocycles. The molecule has 0 aliphatic carbocycles. The number of carbonyl (C=O) groups excluding carboxylic acids is 1. The summed E-state index contributed by atoms with van der Waals surface area (Å²) in [6, 6.07) is 22.0. The lowest BCUT2D eigenvalue weighted by molar-refractivity contribution is 0.0935. The van der Waals surface area contributed by atoms with Crippen LogP contribution < -0.4 is 10.0 Å². The van der Waals surface area contributed by atoms with Gasteiger partial charge in [0.15, 0.2) is 0 Å². The fourth-order valence-corrected chi connectivity index (χ4v) is 4.26. The average molecular weight is 429 g/mol. The van der Waals surface area contributed by atoms with Crippen molar-refractivity contribution in [1.82, 2.24) is 5.32 Å². The molecule has 3 aromatic carbocycles. The number of hydrogen-bond donors (Lipinski definition) is 2. The molecule has 7 heteroatoms. The van der Waals surface area contributed by atoms with Crippen molar-refractivity contribution < 1.29 is 13.2 Å². The summed E-state index contributed by atoms with van der Waals surface area (Å²) in [4.78, 5) is 12.8. The van der Waals surface area contributed by atoms with Crippen LogP contribution in [0.25, 0.3) is 0 Å². The first kappa shape index (κ1) is 20.9. The number of hydrogen-bond acceptors (Lipinski definition) is 3. The van der Waals surface area contributed by atoms with Crippen molar-refractivity contribution in [2.24, 2.45) is 0 Å². The number of rotatable bonds is 7. The summed E-state index contributed by atoms with van der Waals surface area (Å²) in [6.07, 6.45) is 0.725. The number of sulfonamides is 1. The highest BCUT2D eigenvalue weighted by molar-refractivity contribution is 7.92. The second kappa shape index (κ2) is 9.11. The Bertz CT molecular complexity index is 1090. The van der Waals surface area contributed by atoms with Gasteiger partial charge < -0.3 is 5.32 Å². The molecule has 0 unspecified atom stereocenters. The van der Waals surface area contributed by atoms with Crippen LogP contribution in [-0.4, -0.2) is 14.3 Å². The van der Waals surface area contributed by atoms with E-state index in [0.717, 1.165) is 12.0 Å². The van der Waals surface area contributed by atoms with Crippen LogP contribution in [0.4, 0.5) is 5.69 Å². The third-order valence-corrected chi connectivity index (χ3v) is 6.14. The van der Waals surface area contributed by atoms with Gasteiger partial charge in [0.25, 0.3) is 15.9 Å². The van der Waals surface area contributed by atoms with Crippen molar-refractivity contribution in [3.63, 3.8) is 0 Å². The Balaban J connectivity index is 1.76. The van der Waals surface area contributed by atoms with Crippen molar-refractivity contribution in [3.8, 4) is 0 Å². The normalized spacial score (nSPS) is 12.2. The number of nitrogens with one attached hydrogen (secondary N) is 2. The monoisotopic (exact) mass is 428 g/mol. The lowest BCUT2D eigenvalue weighted by Crippen LogP contribution is -2.28. The summed E-state index contributed by atoms with van der Waals surface area (Å²) in [5.41, 5.74) is 1.57. The molecule has 0 spiro atoms. The highest BCUT2D eigenvalue weighted by Crippen LogP contribution is 2.25. The van der Waals surface area contributed by atoms with Gasteiger partial charge in [0, 0.05) is 0 Å². The van der Waals surface area contributed by atoms with Crippen LogP contribution in [0.3, 0.4) is 0 Å². The van der Waals surface area contributed by atoms with Crippen molar-refractivity contribution in [2.75, 3.05) is 4.72 Å². The molecule has 0 saturated carbocycles. The van der Waals surface area contributed by atoms with Gasteiger partial charge in [-0.2, -0.15) is 0 Å². The van der Waals surface area contributed by atoms with E-state index in [2.05, 4.69) is 10.0 Å². The van der Waals surface area contributed by atoms with Gasteiger partial charge in [0.2, 0.25) is 0 Å². The fourth-order valence-electron chi connectivity index (χ4n) is 2.92. The smallest absolute Gasteiger partial charge is 0.261 e. The maximum absolute atomic E-state index is 12.7. The zero-order valence-corrected chi connectivity index (χ0v) is 17.4. The van der Waals surface area contributed by atoms with E-state index in [1.165, 1.54) is 30.3 Å². The molecule has 0 fully saturated rings. The van der Waals surface area contributed by atoms with E-state index < -0.39 is 10.0 Å². The predicted octanol–water partition coefficient (Wildman–Crippen LogP) is 5.02. The SMILES string of the molecule is CC[C@H](NC(=O)c1ccc(NS(=O)(=O)c2ccccc2)cc1Cl)c1ccccc1. The molecule has 2 N–H and O–H groups in total. The van der Waals surface area contributed by atoms with E-state index >= 15 is 0 Å². The molecule has 0 aromatic heterocycles. The summed E-state index contributed by atoms with van der Waals surface area (Å²) >= 11 is 6.28. The second-order valence-electron chi connectivity index (χ2n) is 6.46. The highest BCUT2D eigenvalue weighted by Gasteiger charge is 2.18. The molecule has 29 heavy (non-hydrogen) atoms. The Kier molecular flexibility index (Phi) is 6.56.